The Morgan fingerprint density at radius 3 is 2.63 bits per heavy atom. The number of hydrogen-bond donors (Lipinski definition) is 3. The van der Waals surface area contributed by atoms with Crippen molar-refractivity contribution >= 4 is 40.5 Å². The third kappa shape index (κ3) is 3.14. The zero-order valence-electron chi connectivity index (χ0n) is 9.65. The van der Waals surface area contributed by atoms with Gasteiger partial charge in [0.1, 0.15) is 5.69 Å². The van der Waals surface area contributed by atoms with Gasteiger partial charge in [0.15, 0.2) is 0 Å². The molecule has 2 aromatic rings. The number of halogens is 2. The van der Waals surface area contributed by atoms with Crippen LogP contribution in [0.15, 0.2) is 36.5 Å². The van der Waals surface area contributed by atoms with Crippen LogP contribution in [0.5, 0.6) is 0 Å². The number of pyridine rings is 1. The fourth-order valence-electron chi connectivity index (χ4n) is 1.40. The highest BCUT2D eigenvalue weighted by Crippen LogP contribution is 2.29. The van der Waals surface area contributed by atoms with Crippen LogP contribution >= 0.6 is 23.2 Å². The molecule has 1 aromatic heterocycles. The molecule has 0 bridgehead atoms. The maximum Gasteiger partial charge on any atom is 0.274 e. The predicted molar refractivity (Wildman–Crippen MR) is 76.5 cm³/mol. The van der Waals surface area contributed by atoms with Gasteiger partial charge in [0.2, 0.25) is 0 Å². The molecule has 0 atom stereocenters. The summed E-state index contributed by atoms with van der Waals surface area (Å²) in [6.45, 7) is 0. The van der Waals surface area contributed by atoms with Crippen LogP contribution in [0.1, 0.15) is 10.5 Å². The summed E-state index contributed by atoms with van der Waals surface area (Å²) in [5.74, 6) is 4.83. The molecule has 1 amide bonds. The number of carbonyl (C=O) groups is 1. The van der Waals surface area contributed by atoms with Gasteiger partial charge in [-0.15, -0.1) is 0 Å². The van der Waals surface area contributed by atoms with E-state index in [0.717, 1.165) is 0 Å². The van der Waals surface area contributed by atoms with Crippen molar-refractivity contribution in [1.29, 1.82) is 0 Å². The second-order valence-corrected chi connectivity index (χ2v) is 4.42. The molecule has 0 unspecified atom stereocenters. The highest BCUT2D eigenvalue weighted by atomic mass is 35.5. The minimum atomic E-state index is -0.382. The van der Waals surface area contributed by atoms with Gasteiger partial charge in [0.05, 0.1) is 27.6 Å². The van der Waals surface area contributed by atoms with Crippen LogP contribution in [-0.2, 0) is 0 Å². The molecule has 4 N–H and O–H groups in total. The standard InChI is InChI=1S/C12H10Cl2N4O/c13-8-2-1-3-9(11(8)14)17-12(19)10-5-4-7(18-15)6-16-10/h1-6,18H,15H2,(H,17,19). The summed E-state index contributed by atoms with van der Waals surface area (Å²) in [5, 5.41) is 3.30. The number of aromatic nitrogens is 1. The fraction of sp³-hybridized carbons (Fsp3) is 0. The highest BCUT2D eigenvalue weighted by Gasteiger charge is 2.11. The average molecular weight is 297 g/mol. The topological polar surface area (TPSA) is 80.0 Å². The Labute approximate surface area is 119 Å². The van der Waals surface area contributed by atoms with Gasteiger partial charge in [-0.1, -0.05) is 29.3 Å². The second kappa shape index (κ2) is 5.88. The summed E-state index contributed by atoms with van der Waals surface area (Å²) in [5.41, 5.74) is 3.71. The number of nitrogen functional groups attached to an aromatic ring is 1. The van der Waals surface area contributed by atoms with E-state index in [4.69, 9.17) is 29.0 Å². The van der Waals surface area contributed by atoms with E-state index in [2.05, 4.69) is 15.7 Å². The van der Waals surface area contributed by atoms with Gasteiger partial charge in [0.25, 0.3) is 5.91 Å². The van der Waals surface area contributed by atoms with Crippen LogP contribution < -0.4 is 16.6 Å². The SMILES string of the molecule is NNc1ccc(C(=O)Nc2cccc(Cl)c2Cl)nc1. The molecule has 0 aliphatic carbocycles. The Balaban J connectivity index is 2.18. The Kier molecular flexibility index (Phi) is 4.21. The summed E-state index contributed by atoms with van der Waals surface area (Å²) in [6.07, 6.45) is 1.45. The number of nitrogens with one attached hydrogen (secondary N) is 2. The lowest BCUT2D eigenvalue weighted by molar-refractivity contribution is 0.102. The minimum Gasteiger partial charge on any atom is -0.323 e. The molecule has 0 saturated carbocycles. The zero-order valence-corrected chi connectivity index (χ0v) is 11.2. The van der Waals surface area contributed by atoms with E-state index >= 15 is 0 Å². The molecular formula is C12H10Cl2N4O. The van der Waals surface area contributed by atoms with E-state index in [9.17, 15) is 4.79 Å². The molecule has 1 heterocycles. The molecule has 0 fully saturated rings. The third-order valence-electron chi connectivity index (χ3n) is 2.36. The lowest BCUT2D eigenvalue weighted by Gasteiger charge is -2.08. The lowest BCUT2D eigenvalue weighted by atomic mass is 10.3. The van der Waals surface area contributed by atoms with Crippen LogP contribution in [0.3, 0.4) is 0 Å². The number of hydrogen-bond acceptors (Lipinski definition) is 4. The maximum absolute atomic E-state index is 12.0. The Morgan fingerprint density at radius 2 is 2.00 bits per heavy atom. The van der Waals surface area contributed by atoms with Gasteiger partial charge in [0, 0.05) is 0 Å². The number of anilines is 2. The number of rotatable bonds is 3. The Bertz CT molecular complexity index is 601. The summed E-state index contributed by atoms with van der Waals surface area (Å²) in [6, 6.07) is 8.17. The largest absolute Gasteiger partial charge is 0.323 e. The van der Waals surface area contributed by atoms with Gasteiger partial charge >= 0.3 is 0 Å². The number of amides is 1. The first-order chi connectivity index (χ1) is 9.11. The lowest BCUT2D eigenvalue weighted by Crippen LogP contribution is -2.14. The Morgan fingerprint density at radius 1 is 1.21 bits per heavy atom. The van der Waals surface area contributed by atoms with Gasteiger partial charge in [-0.2, -0.15) is 0 Å². The van der Waals surface area contributed by atoms with Crippen LogP contribution in [0.4, 0.5) is 11.4 Å². The van der Waals surface area contributed by atoms with Crippen molar-refractivity contribution in [1.82, 2.24) is 4.98 Å². The Hall–Kier alpha value is -1.82. The molecule has 7 heteroatoms. The van der Waals surface area contributed by atoms with Gasteiger partial charge in [-0.05, 0) is 24.3 Å². The summed E-state index contributed by atoms with van der Waals surface area (Å²) >= 11 is 11.8. The van der Waals surface area contributed by atoms with Crippen molar-refractivity contribution in [3.63, 3.8) is 0 Å². The van der Waals surface area contributed by atoms with Crippen molar-refractivity contribution in [2.75, 3.05) is 10.7 Å². The summed E-state index contributed by atoms with van der Waals surface area (Å²) < 4.78 is 0. The number of nitrogens with zero attached hydrogens (tertiary/aromatic N) is 1. The van der Waals surface area contributed by atoms with E-state index < -0.39 is 0 Å². The van der Waals surface area contributed by atoms with Crippen molar-refractivity contribution < 1.29 is 4.79 Å². The van der Waals surface area contributed by atoms with Gasteiger partial charge in [-0.3, -0.25) is 10.6 Å². The number of carbonyl (C=O) groups excluding carboxylic acids is 1. The first-order valence-corrected chi connectivity index (χ1v) is 6.05. The zero-order chi connectivity index (χ0) is 13.8. The van der Waals surface area contributed by atoms with E-state index in [-0.39, 0.29) is 16.6 Å². The highest BCUT2D eigenvalue weighted by molar-refractivity contribution is 6.44. The average Bonchev–Trinajstić information content (AvgIpc) is 2.44. The van der Waals surface area contributed by atoms with Crippen molar-refractivity contribution in [2.24, 2.45) is 5.84 Å². The molecule has 0 aliphatic heterocycles. The molecule has 1 aromatic carbocycles. The van der Waals surface area contributed by atoms with Gasteiger partial charge in [-0.25, -0.2) is 4.98 Å². The number of hydrazine groups is 1. The van der Waals surface area contributed by atoms with Crippen LogP contribution in [0.25, 0.3) is 0 Å². The first-order valence-electron chi connectivity index (χ1n) is 5.30. The maximum atomic E-state index is 12.0. The van der Waals surface area contributed by atoms with E-state index in [0.29, 0.717) is 16.4 Å². The predicted octanol–water partition coefficient (Wildman–Crippen LogP) is 2.93. The number of nitrogens with two attached hydrogens (primary N) is 1. The molecule has 0 spiro atoms. The van der Waals surface area contributed by atoms with Gasteiger partial charge < -0.3 is 10.7 Å². The molecular weight excluding hydrogens is 287 g/mol. The summed E-state index contributed by atoms with van der Waals surface area (Å²) in [4.78, 5) is 15.9. The monoisotopic (exact) mass is 296 g/mol. The van der Waals surface area contributed by atoms with Crippen LogP contribution in [0.2, 0.25) is 10.0 Å². The van der Waals surface area contributed by atoms with Crippen molar-refractivity contribution in [3.05, 3.63) is 52.3 Å². The summed E-state index contributed by atoms with van der Waals surface area (Å²) in [7, 11) is 0. The molecule has 0 saturated heterocycles. The normalized spacial score (nSPS) is 10.1. The first kappa shape index (κ1) is 13.6. The van der Waals surface area contributed by atoms with E-state index in [1.54, 1.807) is 30.3 Å². The van der Waals surface area contributed by atoms with Crippen molar-refractivity contribution in [3.8, 4) is 0 Å². The fourth-order valence-corrected chi connectivity index (χ4v) is 1.75. The molecule has 0 radical (unpaired) electrons. The van der Waals surface area contributed by atoms with Crippen LogP contribution in [0, 0.1) is 0 Å². The second-order valence-electron chi connectivity index (χ2n) is 3.63. The molecule has 0 aliphatic rings. The minimum absolute atomic E-state index is 0.245. The molecule has 2 rings (SSSR count). The smallest absolute Gasteiger partial charge is 0.274 e. The molecule has 19 heavy (non-hydrogen) atoms. The third-order valence-corrected chi connectivity index (χ3v) is 3.18. The number of benzene rings is 1. The molecule has 5 nitrogen and oxygen atoms in total. The quantitative estimate of drug-likeness (QED) is 0.601. The van der Waals surface area contributed by atoms with E-state index in [1.165, 1.54) is 6.20 Å². The molecule has 98 valence electrons. The van der Waals surface area contributed by atoms with Crippen LogP contribution in [-0.4, -0.2) is 10.9 Å². The van der Waals surface area contributed by atoms with E-state index in [1.807, 2.05) is 0 Å². The van der Waals surface area contributed by atoms with Crippen molar-refractivity contribution in [2.45, 2.75) is 0 Å².